The van der Waals surface area contributed by atoms with Crippen molar-refractivity contribution in [3.8, 4) is 5.75 Å². The lowest BCUT2D eigenvalue weighted by atomic mass is 10.1. The summed E-state index contributed by atoms with van der Waals surface area (Å²) < 4.78 is 39.9. The van der Waals surface area contributed by atoms with Crippen molar-refractivity contribution in [1.29, 1.82) is 0 Å². The van der Waals surface area contributed by atoms with Crippen LogP contribution in [-0.2, 0) is 0 Å². The molecule has 0 aliphatic carbocycles. The molecule has 3 rings (SSSR count). The van der Waals surface area contributed by atoms with Crippen LogP contribution in [0.4, 0.5) is 13.2 Å². The van der Waals surface area contributed by atoms with Crippen molar-refractivity contribution in [3.63, 3.8) is 0 Å². The number of nitrogens with one attached hydrogen (secondary N) is 1. The van der Waals surface area contributed by atoms with Crippen LogP contribution in [0.5, 0.6) is 5.75 Å². The minimum atomic E-state index is -1.68. The van der Waals surface area contributed by atoms with Crippen LogP contribution >= 0.6 is 0 Å². The predicted octanol–water partition coefficient (Wildman–Crippen LogP) is 1.24. The first kappa shape index (κ1) is 13.2. The molecular weight excluding hydrogens is 273 g/mol. The van der Waals surface area contributed by atoms with E-state index >= 15 is 0 Å². The van der Waals surface area contributed by atoms with E-state index in [1.54, 1.807) is 0 Å². The lowest BCUT2D eigenvalue weighted by Gasteiger charge is -2.18. The van der Waals surface area contributed by atoms with Gasteiger partial charge in [0.05, 0.1) is 5.56 Å². The number of amides is 1. The smallest absolute Gasteiger partial charge is 0.257 e. The minimum absolute atomic E-state index is 0.168. The number of phenols is 1. The van der Waals surface area contributed by atoms with Gasteiger partial charge >= 0.3 is 0 Å². The standard InChI is InChI=1S/C13H13F3N2O2/c14-8-3-7(10(15)12(19)11(8)16)13(20)18-4-6-1-2-17-9(6)5-18/h3,6,9,17,19H,1-2,4-5H2/t6-,9+/m0/s1. The number of carbonyl (C=O) groups excluding carboxylic acids is 1. The number of hydrogen-bond donors (Lipinski definition) is 2. The molecule has 0 bridgehead atoms. The SMILES string of the molecule is O=C(c1cc(F)c(F)c(O)c1F)N1C[C@@H]2CCN[C@@H]2C1. The highest BCUT2D eigenvalue weighted by atomic mass is 19.2. The summed E-state index contributed by atoms with van der Waals surface area (Å²) in [5.41, 5.74) is -0.638. The number of hydrogen-bond acceptors (Lipinski definition) is 3. The van der Waals surface area contributed by atoms with E-state index in [9.17, 15) is 18.0 Å². The lowest BCUT2D eigenvalue weighted by Crippen LogP contribution is -2.34. The van der Waals surface area contributed by atoms with Gasteiger partial charge < -0.3 is 15.3 Å². The summed E-state index contributed by atoms with van der Waals surface area (Å²) in [6, 6.07) is 0.662. The van der Waals surface area contributed by atoms with Crippen molar-refractivity contribution in [2.75, 3.05) is 19.6 Å². The Kier molecular flexibility index (Phi) is 3.08. The van der Waals surface area contributed by atoms with E-state index in [0.29, 0.717) is 25.1 Å². The second kappa shape index (κ2) is 4.66. The van der Waals surface area contributed by atoms with Crippen LogP contribution in [0.3, 0.4) is 0 Å². The molecule has 2 saturated heterocycles. The van der Waals surface area contributed by atoms with Crippen LogP contribution in [0, 0.1) is 23.4 Å². The highest BCUT2D eigenvalue weighted by molar-refractivity contribution is 5.95. The maximum absolute atomic E-state index is 13.7. The molecular formula is C13H13F3N2O2. The van der Waals surface area contributed by atoms with Crippen molar-refractivity contribution >= 4 is 5.91 Å². The predicted molar refractivity (Wildman–Crippen MR) is 63.8 cm³/mol. The van der Waals surface area contributed by atoms with Crippen molar-refractivity contribution in [1.82, 2.24) is 10.2 Å². The Morgan fingerprint density at radius 2 is 2.05 bits per heavy atom. The summed E-state index contributed by atoms with van der Waals surface area (Å²) in [7, 11) is 0. The monoisotopic (exact) mass is 286 g/mol. The van der Waals surface area contributed by atoms with E-state index in [4.69, 9.17) is 5.11 Å². The van der Waals surface area contributed by atoms with Crippen LogP contribution in [0.2, 0.25) is 0 Å². The van der Waals surface area contributed by atoms with Gasteiger partial charge in [0.2, 0.25) is 5.82 Å². The summed E-state index contributed by atoms with van der Waals surface area (Å²) in [5.74, 6) is -6.41. The van der Waals surface area contributed by atoms with Gasteiger partial charge in [-0.2, -0.15) is 4.39 Å². The molecule has 2 aliphatic heterocycles. The van der Waals surface area contributed by atoms with Crippen molar-refractivity contribution < 1.29 is 23.1 Å². The Bertz CT molecular complexity index is 567. The Hall–Kier alpha value is -1.76. The van der Waals surface area contributed by atoms with E-state index < -0.39 is 34.7 Å². The fraction of sp³-hybridized carbons (Fsp3) is 0.462. The molecule has 1 amide bonds. The van der Waals surface area contributed by atoms with Crippen LogP contribution in [0.25, 0.3) is 0 Å². The van der Waals surface area contributed by atoms with Crippen molar-refractivity contribution in [2.45, 2.75) is 12.5 Å². The second-order valence-corrected chi connectivity index (χ2v) is 5.20. The zero-order valence-corrected chi connectivity index (χ0v) is 10.5. The number of rotatable bonds is 1. The van der Waals surface area contributed by atoms with E-state index in [1.165, 1.54) is 4.90 Å². The molecule has 2 aliphatic rings. The molecule has 0 radical (unpaired) electrons. The van der Waals surface area contributed by atoms with Gasteiger partial charge in [0.15, 0.2) is 17.4 Å². The second-order valence-electron chi connectivity index (χ2n) is 5.20. The Morgan fingerprint density at radius 3 is 2.75 bits per heavy atom. The van der Waals surface area contributed by atoms with Gasteiger partial charge in [-0.05, 0) is 24.9 Å². The molecule has 1 aromatic rings. The minimum Gasteiger partial charge on any atom is -0.503 e. The summed E-state index contributed by atoms with van der Waals surface area (Å²) in [6.07, 6.45) is 0.931. The third-order valence-electron chi connectivity index (χ3n) is 4.01. The molecule has 2 fully saturated rings. The lowest BCUT2D eigenvalue weighted by molar-refractivity contribution is 0.0776. The first-order valence-electron chi connectivity index (χ1n) is 6.38. The number of nitrogens with zero attached hydrogens (tertiary/aromatic N) is 1. The highest BCUT2D eigenvalue weighted by Gasteiger charge is 2.39. The van der Waals surface area contributed by atoms with Crippen molar-refractivity contribution in [3.05, 3.63) is 29.1 Å². The Morgan fingerprint density at radius 1 is 1.30 bits per heavy atom. The van der Waals surface area contributed by atoms with Gasteiger partial charge in [-0.1, -0.05) is 0 Å². The maximum atomic E-state index is 13.7. The number of benzene rings is 1. The van der Waals surface area contributed by atoms with Crippen LogP contribution < -0.4 is 5.32 Å². The summed E-state index contributed by atoms with van der Waals surface area (Å²) in [5, 5.41) is 12.4. The molecule has 4 nitrogen and oxygen atoms in total. The Balaban J connectivity index is 1.88. The molecule has 20 heavy (non-hydrogen) atoms. The van der Waals surface area contributed by atoms with Gasteiger partial charge in [0.1, 0.15) is 0 Å². The summed E-state index contributed by atoms with van der Waals surface area (Å²) in [4.78, 5) is 13.6. The average molecular weight is 286 g/mol. The van der Waals surface area contributed by atoms with Crippen LogP contribution in [0.1, 0.15) is 16.8 Å². The van der Waals surface area contributed by atoms with E-state index in [2.05, 4.69) is 5.32 Å². The molecule has 2 N–H and O–H groups in total. The van der Waals surface area contributed by atoms with Gasteiger partial charge in [0, 0.05) is 19.1 Å². The van der Waals surface area contributed by atoms with Gasteiger partial charge in [0.25, 0.3) is 5.91 Å². The topological polar surface area (TPSA) is 52.6 Å². The van der Waals surface area contributed by atoms with Gasteiger partial charge in [-0.15, -0.1) is 0 Å². The molecule has 0 unspecified atom stereocenters. The van der Waals surface area contributed by atoms with Crippen LogP contribution in [0.15, 0.2) is 6.07 Å². The normalized spacial score (nSPS) is 25.1. The largest absolute Gasteiger partial charge is 0.503 e. The molecule has 2 heterocycles. The quantitative estimate of drug-likeness (QED) is 0.764. The maximum Gasteiger partial charge on any atom is 0.257 e. The first-order valence-corrected chi connectivity index (χ1v) is 6.38. The number of carbonyl (C=O) groups is 1. The number of phenolic OH excluding ortho intramolecular Hbond substituents is 1. The summed E-state index contributed by atoms with van der Waals surface area (Å²) >= 11 is 0. The molecule has 1 aromatic carbocycles. The first-order chi connectivity index (χ1) is 9.49. The van der Waals surface area contributed by atoms with Crippen molar-refractivity contribution in [2.24, 2.45) is 5.92 Å². The average Bonchev–Trinajstić information content (AvgIpc) is 3.00. The third-order valence-corrected chi connectivity index (χ3v) is 4.01. The van der Waals surface area contributed by atoms with Gasteiger partial charge in [-0.25, -0.2) is 8.78 Å². The summed E-state index contributed by atoms with van der Waals surface area (Å²) in [6.45, 7) is 1.75. The zero-order valence-electron chi connectivity index (χ0n) is 10.5. The fourth-order valence-electron chi connectivity index (χ4n) is 2.93. The van der Waals surface area contributed by atoms with Gasteiger partial charge in [-0.3, -0.25) is 4.79 Å². The number of halogens is 3. The number of fused-ring (bicyclic) bond motifs is 1. The molecule has 2 atom stereocenters. The molecule has 0 aromatic heterocycles. The highest BCUT2D eigenvalue weighted by Crippen LogP contribution is 2.30. The molecule has 0 spiro atoms. The fourth-order valence-corrected chi connectivity index (χ4v) is 2.93. The molecule has 0 saturated carbocycles. The zero-order chi connectivity index (χ0) is 14.4. The third kappa shape index (κ3) is 1.93. The Labute approximate surface area is 113 Å². The number of aromatic hydroxyl groups is 1. The van der Waals surface area contributed by atoms with E-state index in [1.807, 2.05) is 0 Å². The van der Waals surface area contributed by atoms with E-state index in [-0.39, 0.29) is 6.04 Å². The van der Waals surface area contributed by atoms with E-state index in [0.717, 1.165) is 13.0 Å². The molecule has 108 valence electrons. The van der Waals surface area contributed by atoms with Crippen LogP contribution in [-0.4, -0.2) is 41.6 Å². The molecule has 7 heteroatoms. The number of likely N-dealkylation sites (tertiary alicyclic amines) is 1.